The molecular formula is C16H20N4O3. The topological polar surface area (TPSA) is 91.4 Å². The van der Waals surface area contributed by atoms with Crippen molar-refractivity contribution in [3.63, 3.8) is 0 Å². The number of carbonyl (C=O) groups excluding carboxylic acids is 3. The summed E-state index contributed by atoms with van der Waals surface area (Å²) in [7, 11) is 0. The lowest BCUT2D eigenvalue weighted by atomic mass is 9.94. The SMILES string of the molecule is O=C(C[C@@H]1NC(=O)N(C2CCCCC2)C1=O)Nc1cccnc1. The number of nitrogens with zero attached hydrogens (tertiary/aromatic N) is 2. The second-order valence-corrected chi connectivity index (χ2v) is 6.00. The van der Waals surface area contributed by atoms with Crippen molar-refractivity contribution in [2.75, 3.05) is 5.32 Å². The molecule has 1 saturated carbocycles. The van der Waals surface area contributed by atoms with E-state index in [4.69, 9.17) is 0 Å². The van der Waals surface area contributed by atoms with Gasteiger partial charge in [-0.05, 0) is 25.0 Å². The van der Waals surface area contributed by atoms with Gasteiger partial charge in [0, 0.05) is 12.2 Å². The Labute approximate surface area is 134 Å². The summed E-state index contributed by atoms with van der Waals surface area (Å²) in [5.41, 5.74) is 0.568. The van der Waals surface area contributed by atoms with Crippen LogP contribution in [0.4, 0.5) is 10.5 Å². The Kier molecular flexibility index (Phi) is 4.55. The van der Waals surface area contributed by atoms with E-state index in [2.05, 4.69) is 15.6 Å². The summed E-state index contributed by atoms with van der Waals surface area (Å²) >= 11 is 0. The van der Waals surface area contributed by atoms with E-state index in [1.54, 1.807) is 18.3 Å². The first-order chi connectivity index (χ1) is 11.1. The van der Waals surface area contributed by atoms with Gasteiger partial charge in [-0.2, -0.15) is 0 Å². The molecule has 2 heterocycles. The van der Waals surface area contributed by atoms with Crippen LogP contribution in [-0.4, -0.2) is 39.8 Å². The van der Waals surface area contributed by atoms with Gasteiger partial charge >= 0.3 is 6.03 Å². The zero-order valence-corrected chi connectivity index (χ0v) is 12.8. The molecule has 1 aliphatic heterocycles. The summed E-state index contributed by atoms with van der Waals surface area (Å²) in [4.78, 5) is 41.8. The van der Waals surface area contributed by atoms with Gasteiger partial charge < -0.3 is 10.6 Å². The molecule has 3 rings (SSSR count). The van der Waals surface area contributed by atoms with E-state index in [1.165, 1.54) is 11.1 Å². The Morgan fingerprint density at radius 3 is 2.78 bits per heavy atom. The molecule has 4 amide bonds. The van der Waals surface area contributed by atoms with Crippen molar-refractivity contribution >= 4 is 23.5 Å². The molecule has 0 radical (unpaired) electrons. The van der Waals surface area contributed by atoms with Crippen LogP contribution >= 0.6 is 0 Å². The van der Waals surface area contributed by atoms with Crippen LogP contribution in [0.2, 0.25) is 0 Å². The summed E-state index contributed by atoms with van der Waals surface area (Å²) in [5, 5.41) is 5.30. The first kappa shape index (κ1) is 15.5. The van der Waals surface area contributed by atoms with Crippen molar-refractivity contribution in [2.45, 2.75) is 50.6 Å². The number of amides is 4. The Morgan fingerprint density at radius 2 is 2.09 bits per heavy atom. The zero-order valence-electron chi connectivity index (χ0n) is 12.8. The van der Waals surface area contributed by atoms with Crippen molar-refractivity contribution in [1.82, 2.24) is 15.2 Å². The minimum atomic E-state index is -0.777. The number of urea groups is 1. The molecule has 0 unspecified atom stereocenters. The minimum absolute atomic E-state index is 0.0253. The summed E-state index contributed by atoms with van der Waals surface area (Å²) in [6, 6.07) is 2.25. The fourth-order valence-electron chi connectivity index (χ4n) is 3.21. The predicted molar refractivity (Wildman–Crippen MR) is 83.5 cm³/mol. The maximum Gasteiger partial charge on any atom is 0.325 e. The third kappa shape index (κ3) is 3.49. The molecule has 0 bridgehead atoms. The molecule has 2 aliphatic rings. The van der Waals surface area contributed by atoms with E-state index in [9.17, 15) is 14.4 Å². The molecule has 7 nitrogen and oxygen atoms in total. The number of aromatic nitrogens is 1. The van der Waals surface area contributed by atoms with E-state index >= 15 is 0 Å². The van der Waals surface area contributed by atoms with Crippen LogP contribution in [0.25, 0.3) is 0 Å². The van der Waals surface area contributed by atoms with Gasteiger partial charge in [0.2, 0.25) is 5.91 Å². The van der Waals surface area contributed by atoms with E-state index in [1.807, 2.05) is 0 Å². The first-order valence-corrected chi connectivity index (χ1v) is 7.98. The first-order valence-electron chi connectivity index (χ1n) is 7.98. The molecule has 0 spiro atoms. The van der Waals surface area contributed by atoms with E-state index in [0.717, 1.165) is 32.1 Å². The highest BCUT2D eigenvalue weighted by Crippen LogP contribution is 2.26. The van der Waals surface area contributed by atoms with E-state index in [-0.39, 0.29) is 30.3 Å². The molecule has 2 fully saturated rings. The number of nitrogens with one attached hydrogen (secondary N) is 2. The molecule has 122 valence electrons. The molecule has 1 atom stereocenters. The van der Waals surface area contributed by atoms with Gasteiger partial charge in [-0.25, -0.2) is 4.79 Å². The molecule has 1 aromatic heterocycles. The smallest absolute Gasteiger partial charge is 0.325 e. The highest BCUT2D eigenvalue weighted by Gasteiger charge is 2.42. The van der Waals surface area contributed by atoms with Gasteiger partial charge in [-0.3, -0.25) is 19.5 Å². The summed E-state index contributed by atoms with van der Waals surface area (Å²) in [5.74, 6) is -0.606. The van der Waals surface area contributed by atoms with Gasteiger partial charge in [-0.15, -0.1) is 0 Å². The Morgan fingerprint density at radius 1 is 1.30 bits per heavy atom. The van der Waals surface area contributed by atoms with Gasteiger partial charge in [0.1, 0.15) is 6.04 Å². The van der Waals surface area contributed by atoms with Crippen LogP contribution in [0.5, 0.6) is 0 Å². The molecule has 7 heteroatoms. The maximum absolute atomic E-state index is 12.5. The molecule has 23 heavy (non-hydrogen) atoms. The normalized spacial score (nSPS) is 22.1. The fourth-order valence-corrected chi connectivity index (χ4v) is 3.21. The Hall–Kier alpha value is -2.44. The minimum Gasteiger partial charge on any atom is -0.325 e. The average Bonchev–Trinajstić information content (AvgIpc) is 2.83. The van der Waals surface area contributed by atoms with E-state index < -0.39 is 6.04 Å². The molecular weight excluding hydrogens is 296 g/mol. The Bertz CT molecular complexity index is 599. The number of carbonyl (C=O) groups is 3. The third-order valence-electron chi connectivity index (χ3n) is 4.33. The lowest BCUT2D eigenvalue weighted by molar-refractivity contribution is -0.131. The van der Waals surface area contributed by atoms with Gasteiger partial charge in [0.25, 0.3) is 5.91 Å². The van der Waals surface area contributed by atoms with Crippen molar-refractivity contribution in [1.29, 1.82) is 0 Å². The summed E-state index contributed by atoms with van der Waals surface area (Å²) < 4.78 is 0. The largest absolute Gasteiger partial charge is 0.325 e. The van der Waals surface area contributed by atoms with Gasteiger partial charge in [-0.1, -0.05) is 19.3 Å². The van der Waals surface area contributed by atoms with E-state index in [0.29, 0.717) is 5.69 Å². The van der Waals surface area contributed by atoms with Gasteiger partial charge in [0.05, 0.1) is 18.3 Å². The quantitative estimate of drug-likeness (QED) is 0.827. The number of pyridine rings is 1. The maximum atomic E-state index is 12.5. The van der Waals surface area contributed by atoms with Gasteiger partial charge in [0.15, 0.2) is 0 Å². The number of imide groups is 1. The molecule has 2 N–H and O–H groups in total. The highest BCUT2D eigenvalue weighted by atomic mass is 16.2. The van der Waals surface area contributed by atoms with Crippen molar-refractivity contribution in [3.05, 3.63) is 24.5 Å². The average molecular weight is 316 g/mol. The lowest BCUT2D eigenvalue weighted by Crippen LogP contribution is -2.42. The predicted octanol–water partition coefficient (Wildman–Crippen LogP) is 1.66. The van der Waals surface area contributed by atoms with Crippen LogP contribution in [0, 0.1) is 0 Å². The molecule has 1 saturated heterocycles. The van der Waals surface area contributed by atoms with Crippen molar-refractivity contribution in [2.24, 2.45) is 0 Å². The standard InChI is InChI=1S/C16H20N4O3/c21-14(18-11-5-4-8-17-10-11)9-13-15(22)20(16(23)19-13)12-6-2-1-3-7-12/h4-5,8,10,12-13H,1-3,6-7,9H2,(H,18,21)(H,19,23)/t13-/m0/s1. The van der Waals surface area contributed by atoms with Crippen LogP contribution in [0.15, 0.2) is 24.5 Å². The fraction of sp³-hybridized carbons (Fsp3) is 0.500. The Balaban J connectivity index is 1.59. The number of anilines is 1. The van der Waals surface area contributed by atoms with Crippen molar-refractivity contribution < 1.29 is 14.4 Å². The third-order valence-corrected chi connectivity index (χ3v) is 4.33. The second kappa shape index (κ2) is 6.76. The number of rotatable bonds is 4. The highest BCUT2D eigenvalue weighted by molar-refractivity contribution is 6.07. The summed E-state index contributed by atoms with van der Waals surface area (Å²) in [6.07, 6.45) is 8.00. The monoisotopic (exact) mass is 316 g/mol. The molecule has 1 aromatic rings. The zero-order chi connectivity index (χ0) is 16.2. The number of hydrogen-bond donors (Lipinski definition) is 2. The van der Waals surface area contributed by atoms with Crippen LogP contribution in [0.1, 0.15) is 38.5 Å². The molecule has 0 aromatic carbocycles. The van der Waals surface area contributed by atoms with Crippen LogP contribution < -0.4 is 10.6 Å². The van der Waals surface area contributed by atoms with Crippen molar-refractivity contribution in [3.8, 4) is 0 Å². The number of hydrogen-bond acceptors (Lipinski definition) is 4. The summed E-state index contributed by atoms with van der Waals surface area (Å²) in [6.45, 7) is 0. The lowest BCUT2D eigenvalue weighted by Gasteiger charge is -2.28. The second-order valence-electron chi connectivity index (χ2n) is 6.00. The molecule has 1 aliphatic carbocycles. The van der Waals surface area contributed by atoms with Crippen LogP contribution in [0.3, 0.4) is 0 Å². The van der Waals surface area contributed by atoms with Crippen LogP contribution in [-0.2, 0) is 9.59 Å².